The van der Waals surface area contributed by atoms with Gasteiger partial charge in [0.05, 0.1) is 11.1 Å². The van der Waals surface area contributed by atoms with Crippen LogP contribution in [0.15, 0.2) is 27.2 Å². The minimum absolute atomic E-state index is 0.0545. The Balaban J connectivity index is 1.86. The van der Waals surface area contributed by atoms with Gasteiger partial charge in [-0.2, -0.15) is 4.98 Å². The van der Waals surface area contributed by atoms with Crippen molar-refractivity contribution in [2.75, 3.05) is 6.54 Å². The highest BCUT2D eigenvalue weighted by molar-refractivity contribution is 9.10. The number of carbonyl (C=O) groups excluding carboxylic acids is 2. The van der Waals surface area contributed by atoms with Crippen LogP contribution in [0.25, 0.3) is 0 Å². The number of aryl methyl sites for hydroxylation is 1. The number of benzene rings is 1. The quantitative estimate of drug-likeness (QED) is 0.759. The summed E-state index contributed by atoms with van der Waals surface area (Å²) in [5.74, 6) is -0.488. The monoisotopic (exact) mass is 412 g/mol. The standard InChI is InChI=1S/C16H18BrFN4O3/c1-9-20-15(22-25-9)16(2,3)21-13(23)6-7-19-14(24)11-8-10(18)4-5-12(11)17/h4-5,8H,6-7H2,1-3H3,(H,19,24)(H,21,23). The van der Waals surface area contributed by atoms with Gasteiger partial charge in [0.1, 0.15) is 5.82 Å². The van der Waals surface area contributed by atoms with Gasteiger partial charge < -0.3 is 15.2 Å². The molecule has 134 valence electrons. The van der Waals surface area contributed by atoms with E-state index in [0.29, 0.717) is 16.2 Å². The Morgan fingerprint density at radius 1 is 1.36 bits per heavy atom. The molecule has 0 bridgehead atoms. The summed E-state index contributed by atoms with van der Waals surface area (Å²) in [4.78, 5) is 28.2. The summed E-state index contributed by atoms with van der Waals surface area (Å²) in [7, 11) is 0. The average Bonchev–Trinajstić information content (AvgIpc) is 2.96. The fourth-order valence-corrected chi connectivity index (χ4v) is 2.50. The minimum Gasteiger partial charge on any atom is -0.351 e. The topological polar surface area (TPSA) is 97.1 Å². The Hall–Kier alpha value is -2.29. The molecule has 0 spiro atoms. The molecule has 0 fully saturated rings. The Morgan fingerprint density at radius 2 is 2.08 bits per heavy atom. The lowest BCUT2D eigenvalue weighted by Gasteiger charge is -2.22. The van der Waals surface area contributed by atoms with Crippen LogP contribution in [0.5, 0.6) is 0 Å². The van der Waals surface area contributed by atoms with Crippen molar-refractivity contribution in [3.8, 4) is 0 Å². The number of carbonyl (C=O) groups is 2. The van der Waals surface area contributed by atoms with E-state index in [4.69, 9.17) is 4.52 Å². The van der Waals surface area contributed by atoms with Crippen LogP contribution in [0.3, 0.4) is 0 Å². The molecule has 1 aromatic carbocycles. The van der Waals surface area contributed by atoms with Gasteiger partial charge in [-0.3, -0.25) is 9.59 Å². The van der Waals surface area contributed by atoms with Crippen molar-refractivity contribution < 1.29 is 18.5 Å². The fourth-order valence-electron chi connectivity index (χ4n) is 2.08. The maximum Gasteiger partial charge on any atom is 0.252 e. The molecule has 1 aromatic heterocycles. The molecule has 0 atom stereocenters. The molecule has 0 unspecified atom stereocenters. The van der Waals surface area contributed by atoms with Gasteiger partial charge in [-0.1, -0.05) is 5.16 Å². The van der Waals surface area contributed by atoms with Gasteiger partial charge in [-0.25, -0.2) is 4.39 Å². The van der Waals surface area contributed by atoms with Crippen molar-refractivity contribution in [1.29, 1.82) is 0 Å². The van der Waals surface area contributed by atoms with Gasteiger partial charge in [0.2, 0.25) is 11.8 Å². The number of nitrogens with one attached hydrogen (secondary N) is 2. The Kier molecular flexibility index (Phi) is 5.89. The number of halogens is 2. The zero-order valence-corrected chi connectivity index (χ0v) is 15.6. The highest BCUT2D eigenvalue weighted by Crippen LogP contribution is 2.18. The maximum absolute atomic E-state index is 13.2. The lowest BCUT2D eigenvalue weighted by molar-refractivity contribution is -0.122. The van der Waals surface area contributed by atoms with E-state index in [-0.39, 0.29) is 24.4 Å². The molecule has 25 heavy (non-hydrogen) atoms. The molecule has 0 saturated carbocycles. The smallest absolute Gasteiger partial charge is 0.252 e. The first kappa shape index (κ1) is 19.0. The van der Waals surface area contributed by atoms with Gasteiger partial charge in [0, 0.05) is 24.4 Å². The first-order chi connectivity index (χ1) is 11.7. The fraction of sp³-hybridized carbons (Fsp3) is 0.375. The lowest BCUT2D eigenvalue weighted by atomic mass is 10.0. The van der Waals surface area contributed by atoms with Crippen LogP contribution in [0, 0.1) is 12.7 Å². The Bertz CT molecular complexity index is 791. The lowest BCUT2D eigenvalue weighted by Crippen LogP contribution is -2.43. The van der Waals surface area contributed by atoms with E-state index in [1.165, 1.54) is 12.1 Å². The number of amides is 2. The molecule has 0 radical (unpaired) electrons. The second kappa shape index (κ2) is 7.73. The number of hydrogen-bond acceptors (Lipinski definition) is 5. The van der Waals surface area contributed by atoms with E-state index >= 15 is 0 Å². The normalized spacial score (nSPS) is 11.2. The van der Waals surface area contributed by atoms with Crippen molar-refractivity contribution >= 4 is 27.7 Å². The largest absolute Gasteiger partial charge is 0.351 e. The highest BCUT2D eigenvalue weighted by atomic mass is 79.9. The first-order valence-electron chi connectivity index (χ1n) is 7.54. The number of aromatic nitrogens is 2. The van der Waals surface area contributed by atoms with Crippen molar-refractivity contribution in [3.05, 3.63) is 45.8 Å². The van der Waals surface area contributed by atoms with Crippen molar-refractivity contribution in [1.82, 2.24) is 20.8 Å². The maximum atomic E-state index is 13.2. The second-order valence-electron chi connectivity index (χ2n) is 5.94. The van der Waals surface area contributed by atoms with Gasteiger partial charge in [-0.05, 0) is 48.0 Å². The minimum atomic E-state index is -0.801. The summed E-state index contributed by atoms with van der Waals surface area (Å²) in [6, 6.07) is 3.82. The molecule has 2 rings (SSSR count). The predicted molar refractivity (Wildman–Crippen MR) is 91.3 cm³/mol. The third kappa shape index (κ3) is 5.09. The summed E-state index contributed by atoms with van der Waals surface area (Å²) >= 11 is 3.19. The van der Waals surface area contributed by atoms with E-state index in [2.05, 4.69) is 36.7 Å². The van der Waals surface area contributed by atoms with Crippen LogP contribution in [0.4, 0.5) is 4.39 Å². The van der Waals surface area contributed by atoms with Crippen LogP contribution >= 0.6 is 15.9 Å². The molecule has 0 aliphatic carbocycles. The van der Waals surface area contributed by atoms with Gasteiger partial charge in [0.25, 0.3) is 5.91 Å². The molecule has 1 heterocycles. The highest BCUT2D eigenvalue weighted by Gasteiger charge is 2.28. The van der Waals surface area contributed by atoms with Gasteiger partial charge in [-0.15, -0.1) is 0 Å². The molecule has 0 aliphatic rings. The van der Waals surface area contributed by atoms with Crippen molar-refractivity contribution in [2.24, 2.45) is 0 Å². The summed E-state index contributed by atoms with van der Waals surface area (Å²) in [5, 5.41) is 9.15. The first-order valence-corrected chi connectivity index (χ1v) is 8.33. The SMILES string of the molecule is Cc1nc(C(C)(C)NC(=O)CCNC(=O)c2cc(F)ccc2Br)no1. The summed E-state index contributed by atoms with van der Waals surface area (Å²) in [6.07, 6.45) is 0.0545. The average molecular weight is 413 g/mol. The zero-order chi connectivity index (χ0) is 18.6. The molecule has 9 heteroatoms. The van der Waals surface area contributed by atoms with Crippen LogP contribution in [0.1, 0.15) is 42.3 Å². The molecular weight excluding hydrogens is 395 g/mol. The van der Waals surface area contributed by atoms with Crippen LogP contribution in [-0.2, 0) is 10.3 Å². The molecule has 0 aliphatic heterocycles. The van der Waals surface area contributed by atoms with Crippen molar-refractivity contribution in [3.63, 3.8) is 0 Å². The molecular formula is C16H18BrFN4O3. The summed E-state index contributed by atoms with van der Waals surface area (Å²) in [6.45, 7) is 5.26. The van der Waals surface area contributed by atoms with Gasteiger partial charge in [0.15, 0.2) is 5.82 Å². The molecule has 7 nitrogen and oxygen atoms in total. The van der Waals surface area contributed by atoms with Crippen LogP contribution in [0.2, 0.25) is 0 Å². The zero-order valence-electron chi connectivity index (χ0n) is 14.0. The van der Waals surface area contributed by atoms with E-state index in [0.717, 1.165) is 6.07 Å². The predicted octanol–water partition coefficient (Wildman–Crippen LogP) is 2.45. The number of rotatable bonds is 6. The third-order valence-corrected chi connectivity index (χ3v) is 4.04. The molecule has 2 amide bonds. The molecule has 0 saturated heterocycles. The summed E-state index contributed by atoms with van der Waals surface area (Å²) < 4.78 is 18.6. The van der Waals surface area contributed by atoms with Crippen LogP contribution < -0.4 is 10.6 Å². The second-order valence-corrected chi connectivity index (χ2v) is 6.79. The van der Waals surface area contributed by atoms with E-state index in [9.17, 15) is 14.0 Å². The van der Waals surface area contributed by atoms with Crippen molar-refractivity contribution in [2.45, 2.75) is 32.7 Å². The van der Waals surface area contributed by atoms with Gasteiger partial charge >= 0.3 is 0 Å². The van der Waals surface area contributed by atoms with E-state index < -0.39 is 17.3 Å². The summed E-state index contributed by atoms with van der Waals surface area (Å²) in [5.41, 5.74) is -0.632. The van der Waals surface area contributed by atoms with Crippen LogP contribution in [-0.4, -0.2) is 28.5 Å². The third-order valence-electron chi connectivity index (χ3n) is 3.35. The molecule has 2 aromatic rings. The van der Waals surface area contributed by atoms with E-state index in [1.807, 2.05) is 0 Å². The Morgan fingerprint density at radius 3 is 2.72 bits per heavy atom. The van der Waals surface area contributed by atoms with E-state index in [1.54, 1.807) is 20.8 Å². The number of nitrogens with zero attached hydrogens (tertiary/aromatic N) is 2. The molecule has 2 N–H and O–H groups in total. The number of hydrogen-bond donors (Lipinski definition) is 2. The Labute approximate surface area is 152 Å².